The van der Waals surface area contributed by atoms with Crippen molar-refractivity contribution >= 4 is 27.6 Å². The zero-order chi connectivity index (χ0) is 24.8. The highest BCUT2D eigenvalue weighted by atomic mass is 19.1. The number of pyridine rings is 3. The molecular formula is C26H20F2N8. The van der Waals surface area contributed by atoms with Crippen molar-refractivity contribution in [1.29, 1.82) is 0 Å². The first kappa shape index (κ1) is 21.8. The van der Waals surface area contributed by atoms with Crippen LogP contribution in [0.4, 0.5) is 14.5 Å². The minimum atomic E-state index is -0.530. The summed E-state index contributed by atoms with van der Waals surface area (Å²) in [7, 11) is 0. The monoisotopic (exact) mass is 482 g/mol. The van der Waals surface area contributed by atoms with Crippen LogP contribution in [0.1, 0.15) is 13.8 Å². The van der Waals surface area contributed by atoms with E-state index in [1.54, 1.807) is 43.1 Å². The van der Waals surface area contributed by atoms with E-state index in [1.165, 1.54) is 12.1 Å². The van der Waals surface area contributed by atoms with Crippen molar-refractivity contribution < 1.29 is 8.78 Å². The van der Waals surface area contributed by atoms with E-state index < -0.39 is 5.82 Å². The van der Waals surface area contributed by atoms with Crippen LogP contribution >= 0.6 is 0 Å². The molecule has 0 spiro atoms. The van der Waals surface area contributed by atoms with Crippen molar-refractivity contribution in [2.75, 3.05) is 5.32 Å². The summed E-state index contributed by atoms with van der Waals surface area (Å²) in [6.45, 7) is 4.03. The molecule has 0 unspecified atom stereocenters. The predicted molar refractivity (Wildman–Crippen MR) is 134 cm³/mol. The molecular weight excluding hydrogens is 462 g/mol. The topological polar surface area (TPSA) is 108 Å². The van der Waals surface area contributed by atoms with Crippen LogP contribution in [-0.4, -0.2) is 41.2 Å². The smallest absolute Gasteiger partial charge is 0.161 e. The summed E-state index contributed by atoms with van der Waals surface area (Å²) < 4.78 is 29.3. The summed E-state index contributed by atoms with van der Waals surface area (Å²) in [5.74, 6) is -0.487. The van der Waals surface area contributed by atoms with Crippen LogP contribution in [0.15, 0.2) is 61.3 Å². The third kappa shape index (κ3) is 3.72. The number of nitrogens with zero attached hydrogens (tertiary/aromatic N) is 5. The second-order valence-electron chi connectivity index (χ2n) is 8.72. The Balaban J connectivity index is 1.48. The zero-order valence-corrected chi connectivity index (χ0v) is 19.3. The predicted octanol–water partition coefficient (Wildman–Crippen LogP) is 5.72. The maximum absolute atomic E-state index is 15.9. The van der Waals surface area contributed by atoms with Crippen molar-refractivity contribution in [2.24, 2.45) is 0 Å². The van der Waals surface area contributed by atoms with Gasteiger partial charge in [-0.2, -0.15) is 5.10 Å². The van der Waals surface area contributed by atoms with E-state index in [9.17, 15) is 4.39 Å². The molecule has 10 heteroatoms. The van der Waals surface area contributed by atoms with Gasteiger partial charge >= 0.3 is 0 Å². The van der Waals surface area contributed by atoms with Gasteiger partial charge in [0.05, 0.1) is 40.0 Å². The van der Waals surface area contributed by atoms with Crippen molar-refractivity contribution in [2.45, 2.75) is 19.9 Å². The van der Waals surface area contributed by atoms with Crippen LogP contribution in [0.3, 0.4) is 0 Å². The number of aromatic nitrogens is 7. The number of anilines is 1. The highest BCUT2D eigenvalue weighted by Gasteiger charge is 2.21. The normalized spacial score (nSPS) is 11.6. The summed E-state index contributed by atoms with van der Waals surface area (Å²) in [4.78, 5) is 20.7. The summed E-state index contributed by atoms with van der Waals surface area (Å²) >= 11 is 0. The van der Waals surface area contributed by atoms with Crippen molar-refractivity contribution in [3.63, 3.8) is 0 Å². The largest absolute Gasteiger partial charge is 0.382 e. The molecule has 178 valence electrons. The van der Waals surface area contributed by atoms with Gasteiger partial charge in [0.25, 0.3) is 0 Å². The van der Waals surface area contributed by atoms with Gasteiger partial charge in [0.2, 0.25) is 0 Å². The number of fused-ring (bicyclic) bond motifs is 2. The Hall–Kier alpha value is -4.73. The van der Waals surface area contributed by atoms with E-state index in [0.717, 1.165) is 16.8 Å². The van der Waals surface area contributed by atoms with E-state index in [4.69, 9.17) is 4.98 Å². The Morgan fingerprint density at radius 3 is 2.47 bits per heavy atom. The molecule has 0 saturated carbocycles. The number of hydrogen-bond donors (Lipinski definition) is 3. The number of halogens is 2. The molecule has 0 radical (unpaired) electrons. The molecule has 0 aliphatic carbocycles. The van der Waals surface area contributed by atoms with Crippen LogP contribution in [0.25, 0.3) is 55.8 Å². The lowest BCUT2D eigenvalue weighted by atomic mass is 10.1. The molecule has 6 rings (SSSR count). The highest BCUT2D eigenvalue weighted by Crippen LogP contribution is 2.34. The molecule has 0 aliphatic rings. The van der Waals surface area contributed by atoms with Crippen LogP contribution in [0.5, 0.6) is 0 Å². The van der Waals surface area contributed by atoms with Gasteiger partial charge in [0.1, 0.15) is 17.2 Å². The van der Waals surface area contributed by atoms with Crippen LogP contribution in [0.2, 0.25) is 0 Å². The second kappa shape index (κ2) is 8.49. The SMILES string of the molecule is CC(C)Nc1cncc(-c2ncc3[nH]nc(-c4nc5c(-c6ccc(F)cc6)cncc5[nH]4)c3c2F)c1. The molecule has 3 N–H and O–H groups in total. The van der Waals surface area contributed by atoms with E-state index >= 15 is 4.39 Å². The van der Waals surface area contributed by atoms with E-state index in [-0.39, 0.29) is 22.9 Å². The Morgan fingerprint density at radius 1 is 0.861 bits per heavy atom. The van der Waals surface area contributed by atoms with Crippen molar-refractivity contribution in [3.8, 4) is 33.9 Å². The van der Waals surface area contributed by atoms with Gasteiger partial charge in [-0.25, -0.2) is 13.8 Å². The summed E-state index contributed by atoms with van der Waals surface area (Å²) in [5.41, 5.74) is 4.98. The van der Waals surface area contributed by atoms with Crippen molar-refractivity contribution in [3.05, 3.63) is 73.0 Å². The molecule has 0 bridgehead atoms. The van der Waals surface area contributed by atoms with Crippen LogP contribution < -0.4 is 5.32 Å². The molecule has 0 fully saturated rings. The van der Waals surface area contributed by atoms with E-state index in [0.29, 0.717) is 33.6 Å². The Kier molecular flexibility index (Phi) is 5.14. The minimum Gasteiger partial charge on any atom is -0.382 e. The molecule has 0 saturated heterocycles. The number of rotatable bonds is 5. The third-order valence-corrected chi connectivity index (χ3v) is 5.79. The molecule has 5 heterocycles. The van der Waals surface area contributed by atoms with Gasteiger partial charge in [0.15, 0.2) is 11.6 Å². The number of H-pyrrole nitrogens is 2. The molecule has 1 aromatic carbocycles. The van der Waals surface area contributed by atoms with Gasteiger partial charge in [0, 0.05) is 35.8 Å². The molecule has 5 aromatic heterocycles. The number of imidazole rings is 1. The van der Waals surface area contributed by atoms with Gasteiger partial charge in [-0.15, -0.1) is 0 Å². The fourth-order valence-corrected chi connectivity index (χ4v) is 4.22. The van der Waals surface area contributed by atoms with E-state index in [1.807, 2.05) is 19.9 Å². The fraction of sp³-hybridized carbons (Fsp3) is 0.115. The van der Waals surface area contributed by atoms with Crippen LogP contribution in [-0.2, 0) is 0 Å². The first-order valence-corrected chi connectivity index (χ1v) is 11.3. The lowest BCUT2D eigenvalue weighted by Gasteiger charge is -2.11. The standard InChI is InChI=1S/C26H20F2N8/c1-13(2)32-17-7-15(8-29-9-17)23-22(28)21-19(12-31-23)35-36-25(21)26-33-20-11-30-10-18(24(20)34-26)14-3-5-16(27)6-4-14/h3-13,32H,1-2H3,(H,33,34)(H,35,36). The minimum absolute atomic E-state index is 0.162. The Bertz CT molecular complexity index is 1720. The maximum Gasteiger partial charge on any atom is 0.161 e. The number of benzene rings is 1. The number of hydrogen-bond acceptors (Lipinski definition) is 6. The molecule has 0 amide bonds. The molecule has 6 aromatic rings. The lowest BCUT2D eigenvalue weighted by Crippen LogP contribution is -2.09. The van der Waals surface area contributed by atoms with Crippen LogP contribution in [0, 0.1) is 11.6 Å². The van der Waals surface area contributed by atoms with E-state index in [2.05, 4.69) is 35.5 Å². The summed E-state index contributed by atoms with van der Waals surface area (Å²) in [6.07, 6.45) is 8.10. The Labute approximate surface area is 203 Å². The number of aromatic amines is 2. The molecule has 8 nitrogen and oxygen atoms in total. The van der Waals surface area contributed by atoms with Gasteiger partial charge in [-0.3, -0.25) is 20.1 Å². The quantitative estimate of drug-likeness (QED) is 0.290. The third-order valence-electron chi connectivity index (χ3n) is 5.79. The lowest BCUT2D eigenvalue weighted by molar-refractivity contribution is 0.628. The zero-order valence-electron chi connectivity index (χ0n) is 19.3. The van der Waals surface area contributed by atoms with Crippen molar-refractivity contribution in [1.82, 2.24) is 35.1 Å². The number of nitrogens with one attached hydrogen (secondary N) is 3. The summed E-state index contributed by atoms with van der Waals surface area (Å²) in [6, 6.07) is 8.10. The fourth-order valence-electron chi connectivity index (χ4n) is 4.22. The average Bonchev–Trinajstić information content (AvgIpc) is 3.49. The highest BCUT2D eigenvalue weighted by molar-refractivity contribution is 5.97. The molecule has 0 atom stereocenters. The summed E-state index contributed by atoms with van der Waals surface area (Å²) in [5, 5.41) is 10.7. The Morgan fingerprint density at radius 2 is 1.67 bits per heavy atom. The first-order valence-electron chi connectivity index (χ1n) is 11.3. The van der Waals surface area contributed by atoms with Gasteiger partial charge < -0.3 is 10.3 Å². The second-order valence-corrected chi connectivity index (χ2v) is 8.72. The van der Waals surface area contributed by atoms with Gasteiger partial charge in [-0.05, 0) is 37.6 Å². The molecule has 0 aliphatic heterocycles. The molecule has 36 heavy (non-hydrogen) atoms. The maximum atomic E-state index is 15.9. The first-order chi connectivity index (χ1) is 17.5. The average molecular weight is 482 g/mol. The van der Waals surface area contributed by atoms with Gasteiger partial charge in [-0.1, -0.05) is 12.1 Å².